The number of ketones is 1. The molecule has 88 valence electrons. The molecule has 0 unspecified atom stereocenters. The number of ether oxygens (including phenoxy) is 1. The van der Waals surface area contributed by atoms with Crippen molar-refractivity contribution in [1.29, 1.82) is 0 Å². The zero-order valence-corrected chi connectivity index (χ0v) is 11.1. The maximum absolute atomic E-state index is 11.0. The molecule has 16 heavy (non-hydrogen) atoms. The molecule has 0 fully saturated rings. The number of Topliss-reactive ketones (excluding diaryl/α,β-unsaturated/α-hetero) is 1. The van der Waals surface area contributed by atoms with Crippen LogP contribution >= 0.6 is 15.9 Å². The summed E-state index contributed by atoms with van der Waals surface area (Å²) < 4.78 is 6.58. The molecular weight excluding hydrogens is 268 g/mol. The fraction of sp³-hybridized carbons (Fsp3) is 0.462. The first-order chi connectivity index (χ1) is 7.74. The Morgan fingerprint density at radius 1 is 1.38 bits per heavy atom. The molecule has 0 aliphatic rings. The van der Waals surface area contributed by atoms with E-state index in [0.29, 0.717) is 31.8 Å². The summed E-state index contributed by atoms with van der Waals surface area (Å²) in [6.07, 6.45) is 2.08. The van der Waals surface area contributed by atoms with Crippen LogP contribution in [0.2, 0.25) is 0 Å². The molecule has 1 aromatic carbocycles. The van der Waals surface area contributed by atoms with Crippen LogP contribution in [0, 0.1) is 0 Å². The Balaban J connectivity index is 2.17. The van der Waals surface area contributed by atoms with Gasteiger partial charge in [0.2, 0.25) is 0 Å². The number of carbonyl (C=O) groups is 1. The average molecular weight is 285 g/mol. The van der Waals surface area contributed by atoms with Crippen molar-refractivity contribution in [3.63, 3.8) is 0 Å². The second-order valence-electron chi connectivity index (χ2n) is 3.64. The van der Waals surface area contributed by atoms with Crippen molar-refractivity contribution in [3.05, 3.63) is 34.3 Å². The Morgan fingerprint density at radius 3 is 2.81 bits per heavy atom. The Hall–Kier alpha value is -0.670. The SMILES string of the molecule is CCC(=O)CCCOCc1ccccc1Br. The lowest BCUT2D eigenvalue weighted by Gasteiger charge is -2.05. The van der Waals surface area contributed by atoms with Crippen LogP contribution in [-0.4, -0.2) is 12.4 Å². The van der Waals surface area contributed by atoms with Crippen LogP contribution in [-0.2, 0) is 16.1 Å². The van der Waals surface area contributed by atoms with Gasteiger partial charge in [0.15, 0.2) is 0 Å². The third kappa shape index (κ3) is 4.90. The van der Waals surface area contributed by atoms with Gasteiger partial charge in [0, 0.05) is 23.9 Å². The smallest absolute Gasteiger partial charge is 0.132 e. The predicted octanol–water partition coefficient (Wildman–Crippen LogP) is 3.73. The standard InChI is InChI=1S/C13H17BrO2/c1-2-12(15)7-5-9-16-10-11-6-3-4-8-13(11)14/h3-4,6,8H,2,5,7,9-10H2,1H3. The molecular formula is C13H17BrO2. The molecule has 0 N–H and O–H groups in total. The summed E-state index contributed by atoms with van der Waals surface area (Å²) in [5.41, 5.74) is 1.14. The van der Waals surface area contributed by atoms with Gasteiger partial charge in [-0.05, 0) is 18.1 Å². The Bertz CT molecular complexity index is 336. The highest BCUT2D eigenvalue weighted by Gasteiger charge is 2.00. The molecule has 0 saturated carbocycles. The third-order valence-corrected chi connectivity index (χ3v) is 3.13. The molecule has 2 nitrogen and oxygen atoms in total. The maximum Gasteiger partial charge on any atom is 0.132 e. The zero-order valence-electron chi connectivity index (χ0n) is 9.54. The summed E-state index contributed by atoms with van der Waals surface area (Å²) in [5.74, 6) is 0.310. The summed E-state index contributed by atoms with van der Waals surface area (Å²) in [6.45, 7) is 3.14. The third-order valence-electron chi connectivity index (χ3n) is 2.35. The van der Waals surface area contributed by atoms with Gasteiger partial charge in [-0.3, -0.25) is 4.79 Å². The predicted molar refractivity (Wildman–Crippen MR) is 68.3 cm³/mol. The molecule has 0 heterocycles. The quantitative estimate of drug-likeness (QED) is 0.714. The van der Waals surface area contributed by atoms with Gasteiger partial charge in [-0.15, -0.1) is 0 Å². The highest BCUT2D eigenvalue weighted by molar-refractivity contribution is 9.10. The van der Waals surface area contributed by atoms with E-state index in [1.165, 1.54) is 0 Å². The minimum Gasteiger partial charge on any atom is -0.377 e. The van der Waals surface area contributed by atoms with Crippen molar-refractivity contribution in [2.24, 2.45) is 0 Å². The average Bonchev–Trinajstić information content (AvgIpc) is 2.30. The molecule has 0 aliphatic heterocycles. The van der Waals surface area contributed by atoms with Gasteiger partial charge in [-0.1, -0.05) is 41.1 Å². The number of rotatable bonds is 7. The summed E-state index contributed by atoms with van der Waals surface area (Å²) >= 11 is 3.47. The highest BCUT2D eigenvalue weighted by atomic mass is 79.9. The summed E-state index contributed by atoms with van der Waals surface area (Å²) in [4.78, 5) is 11.0. The van der Waals surface area contributed by atoms with E-state index in [9.17, 15) is 4.79 Å². The summed E-state index contributed by atoms with van der Waals surface area (Å²) in [5, 5.41) is 0. The number of benzene rings is 1. The molecule has 0 amide bonds. The molecule has 0 aliphatic carbocycles. The second kappa shape index (κ2) is 7.58. The van der Waals surface area contributed by atoms with Crippen molar-refractivity contribution in [2.45, 2.75) is 32.8 Å². The molecule has 3 heteroatoms. The van der Waals surface area contributed by atoms with E-state index in [1.54, 1.807) is 0 Å². The van der Waals surface area contributed by atoms with Gasteiger partial charge in [0.05, 0.1) is 6.61 Å². The van der Waals surface area contributed by atoms with E-state index in [-0.39, 0.29) is 0 Å². The first kappa shape index (κ1) is 13.4. The van der Waals surface area contributed by atoms with Crippen LogP contribution in [0.4, 0.5) is 0 Å². The fourth-order valence-electron chi connectivity index (χ4n) is 1.35. The van der Waals surface area contributed by atoms with E-state index >= 15 is 0 Å². The zero-order chi connectivity index (χ0) is 11.8. The van der Waals surface area contributed by atoms with E-state index in [2.05, 4.69) is 15.9 Å². The van der Waals surface area contributed by atoms with Crippen molar-refractivity contribution >= 4 is 21.7 Å². The molecule has 0 atom stereocenters. The van der Waals surface area contributed by atoms with Gasteiger partial charge in [-0.2, -0.15) is 0 Å². The van der Waals surface area contributed by atoms with Gasteiger partial charge >= 0.3 is 0 Å². The molecule has 1 rings (SSSR count). The minimum absolute atomic E-state index is 0.310. The van der Waals surface area contributed by atoms with Crippen LogP contribution in [0.3, 0.4) is 0 Å². The fourth-order valence-corrected chi connectivity index (χ4v) is 1.74. The van der Waals surface area contributed by atoms with Crippen molar-refractivity contribution < 1.29 is 9.53 Å². The number of hydrogen-bond donors (Lipinski definition) is 0. The molecule has 0 aromatic heterocycles. The number of hydrogen-bond acceptors (Lipinski definition) is 2. The van der Waals surface area contributed by atoms with Crippen LogP contribution < -0.4 is 0 Å². The maximum atomic E-state index is 11.0. The number of carbonyl (C=O) groups excluding carboxylic acids is 1. The Morgan fingerprint density at radius 2 is 2.12 bits per heavy atom. The summed E-state index contributed by atoms with van der Waals surface area (Å²) in [7, 11) is 0. The van der Waals surface area contributed by atoms with Gasteiger partial charge < -0.3 is 4.74 Å². The van der Waals surface area contributed by atoms with Gasteiger partial charge in [-0.25, -0.2) is 0 Å². The monoisotopic (exact) mass is 284 g/mol. The van der Waals surface area contributed by atoms with E-state index in [1.807, 2.05) is 31.2 Å². The van der Waals surface area contributed by atoms with Gasteiger partial charge in [0.25, 0.3) is 0 Å². The topological polar surface area (TPSA) is 26.3 Å². The number of halogens is 1. The second-order valence-corrected chi connectivity index (χ2v) is 4.49. The molecule has 0 bridgehead atoms. The van der Waals surface area contributed by atoms with Crippen molar-refractivity contribution in [3.8, 4) is 0 Å². The lowest BCUT2D eigenvalue weighted by Crippen LogP contribution is -2.00. The molecule has 1 aromatic rings. The molecule has 0 radical (unpaired) electrons. The molecule has 0 spiro atoms. The Labute approximate surface area is 105 Å². The van der Waals surface area contributed by atoms with E-state index < -0.39 is 0 Å². The highest BCUT2D eigenvalue weighted by Crippen LogP contribution is 2.16. The van der Waals surface area contributed by atoms with Crippen LogP contribution in [0.1, 0.15) is 31.7 Å². The van der Waals surface area contributed by atoms with Crippen LogP contribution in [0.5, 0.6) is 0 Å². The van der Waals surface area contributed by atoms with Crippen LogP contribution in [0.15, 0.2) is 28.7 Å². The van der Waals surface area contributed by atoms with Crippen molar-refractivity contribution in [2.75, 3.05) is 6.61 Å². The minimum atomic E-state index is 0.310. The van der Waals surface area contributed by atoms with E-state index in [0.717, 1.165) is 16.5 Å². The van der Waals surface area contributed by atoms with Crippen molar-refractivity contribution in [1.82, 2.24) is 0 Å². The first-order valence-electron chi connectivity index (χ1n) is 5.57. The normalized spacial score (nSPS) is 10.4. The van der Waals surface area contributed by atoms with Gasteiger partial charge in [0.1, 0.15) is 5.78 Å². The van der Waals surface area contributed by atoms with E-state index in [4.69, 9.17) is 4.74 Å². The lowest BCUT2D eigenvalue weighted by atomic mass is 10.2. The largest absolute Gasteiger partial charge is 0.377 e. The lowest BCUT2D eigenvalue weighted by molar-refractivity contribution is -0.119. The Kier molecular flexibility index (Phi) is 6.34. The molecule has 0 saturated heterocycles. The first-order valence-corrected chi connectivity index (χ1v) is 6.36. The van der Waals surface area contributed by atoms with Crippen LogP contribution in [0.25, 0.3) is 0 Å². The summed E-state index contributed by atoms with van der Waals surface area (Å²) in [6, 6.07) is 8.00.